The van der Waals surface area contributed by atoms with Crippen molar-refractivity contribution in [2.75, 3.05) is 19.6 Å². The number of likely N-dealkylation sites (tertiary alicyclic amines) is 1. The molecule has 2 heterocycles. The lowest BCUT2D eigenvalue weighted by Gasteiger charge is -2.36. The Labute approximate surface area is 128 Å². The zero-order chi connectivity index (χ0) is 14.7. The van der Waals surface area contributed by atoms with Crippen LogP contribution in [0.1, 0.15) is 51.4 Å². The molecule has 1 atom stereocenters. The van der Waals surface area contributed by atoms with Crippen LogP contribution >= 0.6 is 0 Å². The van der Waals surface area contributed by atoms with E-state index in [0.29, 0.717) is 18.1 Å². The van der Waals surface area contributed by atoms with Gasteiger partial charge in [0.1, 0.15) is 0 Å². The van der Waals surface area contributed by atoms with Crippen molar-refractivity contribution in [3.05, 3.63) is 0 Å². The number of carbonyl (C=O) groups excluding carboxylic acids is 1. The molecule has 4 N–H and O–H groups in total. The van der Waals surface area contributed by atoms with Gasteiger partial charge >= 0.3 is 0 Å². The molecule has 21 heavy (non-hydrogen) atoms. The van der Waals surface area contributed by atoms with Crippen LogP contribution in [0.4, 0.5) is 0 Å². The van der Waals surface area contributed by atoms with Crippen molar-refractivity contribution in [1.82, 2.24) is 15.5 Å². The van der Waals surface area contributed by atoms with Crippen LogP contribution in [0.15, 0.2) is 0 Å². The molecule has 1 amide bonds. The normalized spacial score (nSPS) is 35.8. The summed E-state index contributed by atoms with van der Waals surface area (Å²) in [7, 11) is 0. The molecule has 3 fully saturated rings. The van der Waals surface area contributed by atoms with Crippen LogP contribution in [0.2, 0.25) is 0 Å². The Morgan fingerprint density at radius 3 is 2.48 bits per heavy atom. The summed E-state index contributed by atoms with van der Waals surface area (Å²) in [4.78, 5) is 15.1. The third-order valence-electron chi connectivity index (χ3n) is 5.49. The summed E-state index contributed by atoms with van der Waals surface area (Å²) in [5.74, 6) is 0.270. The maximum atomic E-state index is 12.6. The molecule has 0 aromatic carbocycles. The van der Waals surface area contributed by atoms with Crippen molar-refractivity contribution >= 4 is 5.91 Å². The first-order valence-corrected chi connectivity index (χ1v) is 8.76. The van der Waals surface area contributed by atoms with Crippen molar-refractivity contribution in [2.45, 2.75) is 75.5 Å². The molecule has 1 unspecified atom stereocenters. The molecule has 1 aliphatic carbocycles. The van der Waals surface area contributed by atoms with E-state index >= 15 is 0 Å². The van der Waals surface area contributed by atoms with Gasteiger partial charge in [-0.3, -0.25) is 9.69 Å². The summed E-state index contributed by atoms with van der Waals surface area (Å²) in [6.07, 6.45) is 8.75. The molecule has 0 radical (unpaired) electrons. The van der Waals surface area contributed by atoms with E-state index in [1.807, 2.05) is 0 Å². The van der Waals surface area contributed by atoms with Crippen LogP contribution in [0.25, 0.3) is 0 Å². The van der Waals surface area contributed by atoms with Crippen LogP contribution < -0.4 is 16.4 Å². The predicted molar refractivity (Wildman–Crippen MR) is 84.0 cm³/mol. The minimum atomic E-state index is 0.115. The van der Waals surface area contributed by atoms with Gasteiger partial charge in [0, 0.05) is 18.1 Å². The highest BCUT2D eigenvalue weighted by Gasteiger charge is 2.36. The molecule has 0 aromatic rings. The summed E-state index contributed by atoms with van der Waals surface area (Å²) in [6.45, 7) is 3.28. The molecule has 3 rings (SSSR count). The molecule has 5 heteroatoms. The Bertz CT molecular complexity index is 348. The van der Waals surface area contributed by atoms with E-state index in [-0.39, 0.29) is 11.9 Å². The van der Waals surface area contributed by atoms with Crippen LogP contribution in [0.5, 0.6) is 0 Å². The lowest BCUT2D eigenvalue weighted by Crippen LogP contribution is -2.53. The van der Waals surface area contributed by atoms with Gasteiger partial charge < -0.3 is 16.4 Å². The van der Waals surface area contributed by atoms with Crippen LogP contribution in [0, 0.1) is 0 Å². The highest BCUT2D eigenvalue weighted by Crippen LogP contribution is 2.25. The fourth-order valence-corrected chi connectivity index (χ4v) is 4.21. The molecule has 1 saturated carbocycles. The van der Waals surface area contributed by atoms with Gasteiger partial charge in [-0.15, -0.1) is 0 Å². The Morgan fingerprint density at radius 1 is 1.05 bits per heavy atom. The van der Waals surface area contributed by atoms with E-state index in [1.54, 1.807) is 0 Å². The van der Waals surface area contributed by atoms with Crippen molar-refractivity contribution in [1.29, 1.82) is 0 Å². The maximum absolute atomic E-state index is 12.6. The lowest BCUT2D eigenvalue weighted by molar-refractivity contribution is -0.127. The zero-order valence-corrected chi connectivity index (χ0v) is 13.0. The number of amides is 1. The first-order chi connectivity index (χ1) is 10.2. The molecule has 2 aliphatic heterocycles. The third kappa shape index (κ3) is 3.76. The van der Waals surface area contributed by atoms with Crippen molar-refractivity contribution < 1.29 is 4.79 Å². The Balaban J connectivity index is 1.53. The van der Waals surface area contributed by atoms with Gasteiger partial charge in [-0.25, -0.2) is 0 Å². The summed E-state index contributed by atoms with van der Waals surface area (Å²) in [5, 5.41) is 6.71. The molecule has 3 aliphatic rings. The second-order valence-electron chi connectivity index (χ2n) is 7.00. The molecule has 0 aromatic heterocycles. The van der Waals surface area contributed by atoms with E-state index in [1.165, 1.54) is 12.8 Å². The minimum Gasteiger partial charge on any atom is -0.352 e. The molecule has 5 nitrogen and oxygen atoms in total. The Kier molecular flexibility index (Phi) is 5.14. The zero-order valence-electron chi connectivity index (χ0n) is 13.0. The molecule has 0 bridgehead atoms. The van der Waals surface area contributed by atoms with Gasteiger partial charge in [-0.1, -0.05) is 0 Å². The molecule has 0 spiro atoms. The fraction of sp³-hybridized carbons (Fsp3) is 0.938. The lowest BCUT2D eigenvalue weighted by atomic mass is 9.91. The average molecular weight is 294 g/mol. The number of hydrogen-bond acceptors (Lipinski definition) is 4. The van der Waals surface area contributed by atoms with Gasteiger partial charge in [-0.05, 0) is 71.0 Å². The highest BCUT2D eigenvalue weighted by atomic mass is 16.2. The maximum Gasteiger partial charge on any atom is 0.237 e. The van der Waals surface area contributed by atoms with E-state index < -0.39 is 0 Å². The number of nitrogens with one attached hydrogen (secondary N) is 2. The van der Waals surface area contributed by atoms with E-state index in [2.05, 4.69) is 15.5 Å². The van der Waals surface area contributed by atoms with E-state index in [9.17, 15) is 4.79 Å². The number of rotatable bonds is 3. The van der Waals surface area contributed by atoms with Crippen molar-refractivity contribution in [3.63, 3.8) is 0 Å². The average Bonchev–Trinajstić information content (AvgIpc) is 3.00. The highest BCUT2D eigenvalue weighted by molar-refractivity contribution is 5.82. The first-order valence-electron chi connectivity index (χ1n) is 8.76. The van der Waals surface area contributed by atoms with Gasteiger partial charge in [0.25, 0.3) is 0 Å². The monoisotopic (exact) mass is 294 g/mol. The molecule has 120 valence electrons. The fourth-order valence-electron chi connectivity index (χ4n) is 4.21. The molecular weight excluding hydrogens is 264 g/mol. The number of piperidine rings is 1. The second kappa shape index (κ2) is 7.07. The van der Waals surface area contributed by atoms with E-state index in [0.717, 1.165) is 58.2 Å². The largest absolute Gasteiger partial charge is 0.352 e. The second-order valence-corrected chi connectivity index (χ2v) is 7.00. The topological polar surface area (TPSA) is 70.4 Å². The van der Waals surface area contributed by atoms with Crippen LogP contribution in [-0.4, -0.2) is 54.6 Å². The number of carbonyl (C=O) groups is 1. The molecule has 2 saturated heterocycles. The van der Waals surface area contributed by atoms with Gasteiger partial charge in [-0.2, -0.15) is 0 Å². The van der Waals surface area contributed by atoms with Crippen molar-refractivity contribution in [2.24, 2.45) is 5.73 Å². The SMILES string of the molecule is NC1CCC(NC(=O)C2CCCN2C2CCNCC2)CC1. The van der Waals surface area contributed by atoms with Crippen molar-refractivity contribution in [3.8, 4) is 0 Å². The number of nitrogens with zero attached hydrogens (tertiary/aromatic N) is 1. The van der Waals surface area contributed by atoms with Crippen LogP contribution in [0.3, 0.4) is 0 Å². The first kappa shape index (κ1) is 15.3. The van der Waals surface area contributed by atoms with E-state index in [4.69, 9.17) is 5.73 Å². The Morgan fingerprint density at radius 2 is 1.76 bits per heavy atom. The van der Waals surface area contributed by atoms with Gasteiger partial charge in [0.15, 0.2) is 0 Å². The number of nitrogens with two attached hydrogens (primary N) is 1. The Hall–Kier alpha value is -0.650. The van der Waals surface area contributed by atoms with Crippen LogP contribution in [-0.2, 0) is 4.79 Å². The number of hydrogen-bond donors (Lipinski definition) is 3. The smallest absolute Gasteiger partial charge is 0.237 e. The summed E-state index contributed by atoms with van der Waals surface area (Å²) in [6, 6.07) is 1.41. The summed E-state index contributed by atoms with van der Waals surface area (Å²) < 4.78 is 0. The summed E-state index contributed by atoms with van der Waals surface area (Å²) >= 11 is 0. The standard InChI is InChI=1S/C16H30N4O/c17-12-3-5-13(6-4-12)19-16(21)15-2-1-11-20(15)14-7-9-18-10-8-14/h12-15,18H,1-11,17H2,(H,19,21). The molecular formula is C16H30N4O. The quantitative estimate of drug-likeness (QED) is 0.712. The van der Waals surface area contributed by atoms with Gasteiger partial charge in [0.05, 0.1) is 6.04 Å². The summed E-state index contributed by atoms with van der Waals surface area (Å²) in [5.41, 5.74) is 5.94. The van der Waals surface area contributed by atoms with Gasteiger partial charge in [0.2, 0.25) is 5.91 Å². The predicted octanol–water partition coefficient (Wildman–Crippen LogP) is 0.589. The minimum absolute atomic E-state index is 0.115. The third-order valence-corrected chi connectivity index (χ3v) is 5.49.